The molecule has 0 aliphatic heterocycles. The number of nitrogens with two attached hydrogens (primary N) is 1. The average Bonchev–Trinajstić information content (AvgIpc) is 2.63. The van der Waals surface area contributed by atoms with Gasteiger partial charge in [-0.25, -0.2) is 0 Å². The van der Waals surface area contributed by atoms with Gasteiger partial charge in [0.05, 0.1) is 0 Å². The third kappa shape index (κ3) is 20.0. The summed E-state index contributed by atoms with van der Waals surface area (Å²) < 4.78 is 11.5. The lowest BCUT2D eigenvalue weighted by molar-refractivity contribution is -0.137. The van der Waals surface area contributed by atoms with Gasteiger partial charge in [-0.1, -0.05) is 104 Å². The van der Waals surface area contributed by atoms with Crippen LogP contribution in [0, 0.1) is 0 Å². The predicted octanol–water partition coefficient (Wildman–Crippen LogP) is 6.59. The van der Waals surface area contributed by atoms with Crippen molar-refractivity contribution < 1.29 is 9.47 Å². The standard InChI is InChI=1S/C22H47NO2/c1-3-5-7-9-11-13-15-17-19-24-22(21-23)25-20-18-16-14-12-10-8-6-4-2/h22H,3-21,23H2,1-2H3. The van der Waals surface area contributed by atoms with Gasteiger partial charge < -0.3 is 15.2 Å². The molecule has 0 spiro atoms. The zero-order chi connectivity index (χ0) is 18.4. The molecule has 0 bridgehead atoms. The fourth-order valence-corrected chi connectivity index (χ4v) is 3.09. The fraction of sp³-hybridized carbons (Fsp3) is 1.00. The van der Waals surface area contributed by atoms with E-state index < -0.39 is 0 Å². The van der Waals surface area contributed by atoms with Crippen LogP contribution in [-0.4, -0.2) is 26.0 Å². The Morgan fingerprint density at radius 2 is 0.840 bits per heavy atom. The summed E-state index contributed by atoms with van der Waals surface area (Å²) in [6.45, 7) is 6.57. The normalized spacial score (nSPS) is 11.5. The maximum atomic E-state index is 5.76. The molecular formula is C22H47NO2. The molecule has 0 unspecified atom stereocenters. The summed E-state index contributed by atoms with van der Waals surface area (Å²) in [6.07, 6.45) is 21.0. The van der Waals surface area contributed by atoms with Crippen molar-refractivity contribution >= 4 is 0 Å². The first-order valence-electron chi connectivity index (χ1n) is 11.3. The van der Waals surface area contributed by atoms with Gasteiger partial charge in [0.2, 0.25) is 0 Å². The van der Waals surface area contributed by atoms with E-state index in [1.807, 2.05) is 0 Å². The number of rotatable bonds is 21. The molecule has 0 saturated heterocycles. The molecule has 0 rings (SSSR count). The van der Waals surface area contributed by atoms with Gasteiger partial charge >= 0.3 is 0 Å². The van der Waals surface area contributed by atoms with Crippen molar-refractivity contribution in [1.82, 2.24) is 0 Å². The highest BCUT2D eigenvalue weighted by atomic mass is 16.7. The quantitative estimate of drug-likeness (QED) is 0.186. The lowest BCUT2D eigenvalue weighted by Gasteiger charge is -2.16. The van der Waals surface area contributed by atoms with Gasteiger partial charge in [0, 0.05) is 19.8 Å². The second-order valence-corrected chi connectivity index (χ2v) is 7.36. The minimum Gasteiger partial charge on any atom is -0.351 e. The molecular weight excluding hydrogens is 310 g/mol. The molecule has 0 amide bonds. The Hall–Kier alpha value is -0.120. The maximum absolute atomic E-state index is 5.76. The monoisotopic (exact) mass is 357 g/mol. The molecule has 25 heavy (non-hydrogen) atoms. The molecule has 0 aliphatic carbocycles. The predicted molar refractivity (Wildman–Crippen MR) is 110 cm³/mol. The van der Waals surface area contributed by atoms with Crippen LogP contribution in [0.25, 0.3) is 0 Å². The second kappa shape index (κ2) is 21.9. The van der Waals surface area contributed by atoms with Crippen LogP contribution in [0.2, 0.25) is 0 Å². The molecule has 3 heteroatoms. The molecule has 0 heterocycles. The van der Waals surface area contributed by atoms with Crippen LogP contribution in [0.5, 0.6) is 0 Å². The number of ether oxygens (including phenoxy) is 2. The zero-order valence-corrected chi connectivity index (χ0v) is 17.4. The summed E-state index contributed by atoms with van der Waals surface area (Å²) in [6, 6.07) is 0. The average molecular weight is 358 g/mol. The summed E-state index contributed by atoms with van der Waals surface area (Å²) in [7, 11) is 0. The summed E-state index contributed by atoms with van der Waals surface area (Å²) in [5.41, 5.74) is 5.74. The van der Waals surface area contributed by atoms with Gasteiger partial charge in [0.15, 0.2) is 6.29 Å². The summed E-state index contributed by atoms with van der Waals surface area (Å²) in [5.74, 6) is 0. The summed E-state index contributed by atoms with van der Waals surface area (Å²) in [4.78, 5) is 0. The molecule has 0 fully saturated rings. The van der Waals surface area contributed by atoms with Crippen LogP contribution in [-0.2, 0) is 9.47 Å². The Morgan fingerprint density at radius 1 is 0.520 bits per heavy atom. The molecule has 0 atom stereocenters. The second-order valence-electron chi connectivity index (χ2n) is 7.36. The Bertz CT molecular complexity index is 214. The smallest absolute Gasteiger partial charge is 0.169 e. The minimum atomic E-state index is -0.200. The first-order chi connectivity index (χ1) is 12.3. The molecule has 3 nitrogen and oxygen atoms in total. The highest BCUT2D eigenvalue weighted by Crippen LogP contribution is 2.10. The Labute approximate surface area is 158 Å². The zero-order valence-electron chi connectivity index (χ0n) is 17.4. The van der Waals surface area contributed by atoms with Gasteiger partial charge in [-0.15, -0.1) is 0 Å². The van der Waals surface area contributed by atoms with E-state index >= 15 is 0 Å². The van der Waals surface area contributed by atoms with Crippen LogP contribution >= 0.6 is 0 Å². The summed E-state index contributed by atoms with van der Waals surface area (Å²) >= 11 is 0. The SMILES string of the molecule is CCCCCCCCCCOC(CN)OCCCCCCCCCC. The Morgan fingerprint density at radius 3 is 1.16 bits per heavy atom. The molecule has 0 aromatic rings. The number of hydrogen-bond acceptors (Lipinski definition) is 3. The Balaban J connectivity index is 3.28. The topological polar surface area (TPSA) is 44.5 Å². The number of unbranched alkanes of at least 4 members (excludes halogenated alkanes) is 14. The molecule has 0 radical (unpaired) electrons. The first kappa shape index (κ1) is 24.9. The third-order valence-corrected chi connectivity index (χ3v) is 4.80. The van der Waals surface area contributed by atoms with Crippen molar-refractivity contribution in [1.29, 1.82) is 0 Å². The van der Waals surface area contributed by atoms with E-state index in [1.165, 1.54) is 89.9 Å². The van der Waals surface area contributed by atoms with Crippen LogP contribution in [0.3, 0.4) is 0 Å². The molecule has 152 valence electrons. The van der Waals surface area contributed by atoms with E-state index in [-0.39, 0.29) is 6.29 Å². The minimum absolute atomic E-state index is 0.200. The van der Waals surface area contributed by atoms with Crippen LogP contribution in [0.1, 0.15) is 117 Å². The lowest BCUT2D eigenvalue weighted by Crippen LogP contribution is -2.27. The van der Waals surface area contributed by atoms with E-state index in [1.54, 1.807) is 0 Å². The fourth-order valence-electron chi connectivity index (χ4n) is 3.09. The van der Waals surface area contributed by atoms with Crippen LogP contribution < -0.4 is 5.73 Å². The molecule has 0 aromatic heterocycles. The maximum Gasteiger partial charge on any atom is 0.169 e. The van der Waals surface area contributed by atoms with Crippen LogP contribution in [0.4, 0.5) is 0 Å². The third-order valence-electron chi connectivity index (χ3n) is 4.80. The van der Waals surface area contributed by atoms with Crippen molar-refractivity contribution in [3.05, 3.63) is 0 Å². The van der Waals surface area contributed by atoms with Gasteiger partial charge in [-0.05, 0) is 12.8 Å². The molecule has 0 saturated carbocycles. The first-order valence-corrected chi connectivity index (χ1v) is 11.3. The van der Waals surface area contributed by atoms with Crippen molar-refractivity contribution in [2.24, 2.45) is 5.73 Å². The van der Waals surface area contributed by atoms with E-state index in [2.05, 4.69) is 13.8 Å². The summed E-state index contributed by atoms with van der Waals surface area (Å²) in [5, 5.41) is 0. The van der Waals surface area contributed by atoms with Crippen molar-refractivity contribution in [3.63, 3.8) is 0 Å². The van der Waals surface area contributed by atoms with Crippen LogP contribution in [0.15, 0.2) is 0 Å². The highest BCUT2D eigenvalue weighted by molar-refractivity contribution is 4.50. The van der Waals surface area contributed by atoms with Crippen molar-refractivity contribution in [2.75, 3.05) is 19.8 Å². The van der Waals surface area contributed by atoms with Gasteiger partial charge in [0.25, 0.3) is 0 Å². The van der Waals surface area contributed by atoms with E-state index in [0.29, 0.717) is 6.54 Å². The van der Waals surface area contributed by atoms with E-state index in [0.717, 1.165) is 26.1 Å². The Kier molecular flexibility index (Phi) is 21.8. The van der Waals surface area contributed by atoms with E-state index in [4.69, 9.17) is 15.2 Å². The van der Waals surface area contributed by atoms with Crippen molar-refractivity contribution in [3.8, 4) is 0 Å². The molecule has 0 aliphatic rings. The largest absolute Gasteiger partial charge is 0.351 e. The van der Waals surface area contributed by atoms with E-state index in [9.17, 15) is 0 Å². The van der Waals surface area contributed by atoms with Gasteiger partial charge in [-0.2, -0.15) is 0 Å². The highest BCUT2D eigenvalue weighted by Gasteiger charge is 2.06. The lowest BCUT2D eigenvalue weighted by atomic mass is 10.1. The van der Waals surface area contributed by atoms with Crippen molar-refractivity contribution in [2.45, 2.75) is 123 Å². The molecule has 0 aromatic carbocycles. The molecule has 2 N–H and O–H groups in total. The number of hydrogen-bond donors (Lipinski definition) is 1. The van der Waals surface area contributed by atoms with Gasteiger partial charge in [0.1, 0.15) is 0 Å². The van der Waals surface area contributed by atoms with Gasteiger partial charge in [-0.3, -0.25) is 0 Å².